The number of nitrogens with zero attached hydrogens (tertiary/aromatic N) is 1. The number of anilines is 1. The van der Waals surface area contributed by atoms with Crippen molar-refractivity contribution in [2.75, 3.05) is 12.8 Å². The largest absolute Gasteiger partial charge is 0.496 e. The summed E-state index contributed by atoms with van der Waals surface area (Å²) in [5, 5.41) is 0.933. The molecule has 0 saturated carbocycles. The van der Waals surface area contributed by atoms with Gasteiger partial charge in [0.15, 0.2) is 0 Å². The molecule has 0 spiro atoms. The molecule has 0 aliphatic carbocycles. The second-order valence-electron chi connectivity index (χ2n) is 3.45. The maximum atomic E-state index is 5.96. The van der Waals surface area contributed by atoms with Crippen LogP contribution in [0.25, 0.3) is 11.3 Å². The number of nitrogens with two attached hydrogens (primary N) is 1. The fourth-order valence-electron chi connectivity index (χ4n) is 1.54. The third-order valence-corrected chi connectivity index (χ3v) is 2.68. The lowest BCUT2D eigenvalue weighted by molar-refractivity contribution is 0.416. The quantitative estimate of drug-likeness (QED) is 0.846. The molecule has 0 saturated heterocycles. The molecule has 1 heterocycles. The highest BCUT2D eigenvalue weighted by Gasteiger charge is 2.09. The fourth-order valence-corrected chi connectivity index (χ4v) is 1.92. The topological polar surface area (TPSA) is 48.1 Å². The Morgan fingerprint density at radius 1 is 1.18 bits per heavy atom. The molecule has 2 N–H and O–H groups in total. The van der Waals surface area contributed by atoms with Crippen molar-refractivity contribution in [1.82, 2.24) is 4.98 Å². The molecule has 0 aliphatic rings. The normalized spacial score (nSPS) is 10.3. The predicted molar refractivity (Wildman–Crippen MR) is 70.7 cm³/mol. The molecule has 0 atom stereocenters. The molecule has 1 aromatic carbocycles. The van der Waals surface area contributed by atoms with Gasteiger partial charge in [-0.3, -0.25) is 0 Å². The Labute approximate surface area is 109 Å². The van der Waals surface area contributed by atoms with Crippen molar-refractivity contribution >= 4 is 28.9 Å². The summed E-state index contributed by atoms with van der Waals surface area (Å²) in [6, 6.07) is 8.59. The standard InChI is InChI=1S/C12H10Cl2N2O/c1-17-11-3-2-7(13)4-9(11)10-5-8(15)6-12(14)16-10/h2-6H,1H3,(H2,15,16). The van der Waals surface area contributed by atoms with Crippen molar-refractivity contribution in [1.29, 1.82) is 0 Å². The van der Waals surface area contributed by atoms with E-state index in [4.69, 9.17) is 33.7 Å². The Hall–Kier alpha value is -1.45. The molecule has 0 fully saturated rings. The summed E-state index contributed by atoms with van der Waals surface area (Å²) in [5.74, 6) is 0.670. The van der Waals surface area contributed by atoms with Gasteiger partial charge in [0.05, 0.1) is 12.8 Å². The second-order valence-corrected chi connectivity index (χ2v) is 4.28. The number of methoxy groups -OCH3 is 1. The highest BCUT2D eigenvalue weighted by molar-refractivity contribution is 6.31. The third-order valence-electron chi connectivity index (χ3n) is 2.25. The van der Waals surface area contributed by atoms with Crippen LogP contribution >= 0.6 is 23.2 Å². The molecular weight excluding hydrogens is 259 g/mol. The van der Waals surface area contributed by atoms with E-state index >= 15 is 0 Å². The minimum atomic E-state index is 0.335. The van der Waals surface area contributed by atoms with E-state index in [0.717, 1.165) is 5.56 Å². The molecule has 88 valence electrons. The van der Waals surface area contributed by atoms with Crippen LogP contribution in [0.1, 0.15) is 0 Å². The summed E-state index contributed by atoms with van der Waals surface area (Å²) in [5.41, 5.74) is 7.66. The predicted octanol–water partition coefficient (Wildman–Crippen LogP) is 3.65. The fraction of sp³-hybridized carbons (Fsp3) is 0.0833. The zero-order chi connectivity index (χ0) is 12.4. The molecule has 17 heavy (non-hydrogen) atoms. The first kappa shape index (κ1) is 12.0. The molecule has 1 aromatic heterocycles. The average molecular weight is 269 g/mol. The average Bonchev–Trinajstić information content (AvgIpc) is 2.27. The number of ether oxygens (including phenoxy) is 1. The smallest absolute Gasteiger partial charge is 0.131 e. The first-order chi connectivity index (χ1) is 8.10. The molecule has 0 radical (unpaired) electrons. The number of nitrogen functional groups attached to an aromatic ring is 1. The van der Waals surface area contributed by atoms with Crippen LogP contribution in [0.15, 0.2) is 30.3 Å². The van der Waals surface area contributed by atoms with E-state index in [0.29, 0.717) is 27.3 Å². The molecule has 0 amide bonds. The molecular formula is C12H10Cl2N2O. The first-order valence-electron chi connectivity index (χ1n) is 4.87. The van der Waals surface area contributed by atoms with Gasteiger partial charge in [0.1, 0.15) is 10.9 Å². The molecule has 5 heteroatoms. The highest BCUT2D eigenvalue weighted by atomic mass is 35.5. The van der Waals surface area contributed by atoms with Gasteiger partial charge in [-0.25, -0.2) is 4.98 Å². The zero-order valence-electron chi connectivity index (χ0n) is 9.08. The Morgan fingerprint density at radius 3 is 2.59 bits per heavy atom. The Balaban J connectivity index is 2.62. The van der Waals surface area contributed by atoms with Gasteiger partial charge in [-0.1, -0.05) is 23.2 Å². The van der Waals surface area contributed by atoms with Crippen LogP contribution in [-0.4, -0.2) is 12.1 Å². The zero-order valence-corrected chi connectivity index (χ0v) is 10.6. The van der Waals surface area contributed by atoms with E-state index in [1.807, 2.05) is 0 Å². The minimum absolute atomic E-state index is 0.335. The van der Waals surface area contributed by atoms with Crippen LogP contribution in [0, 0.1) is 0 Å². The van der Waals surface area contributed by atoms with Gasteiger partial charge in [0.2, 0.25) is 0 Å². The van der Waals surface area contributed by atoms with Gasteiger partial charge < -0.3 is 10.5 Å². The number of hydrogen-bond donors (Lipinski definition) is 1. The molecule has 0 bridgehead atoms. The summed E-state index contributed by atoms with van der Waals surface area (Å²) in [7, 11) is 1.58. The lowest BCUT2D eigenvalue weighted by Crippen LogP contribution is -1.93. The number of rotatable bonds is 2. The van der Waals surface area contributed by atoms with Crippen LogP contribution in [0.2, 0.25) is 10.2 Å². The van der Waals surface area contributed by atoms with Gasteiger partial charge in [0, 0.05) is 16.3 Å². The van der Waals surface area contributed by atoms with Gasteiger partial charge >= 0.3 is 0 Å². The minimum Gasteiger partial charge on any atom is -0.496 e. The lowest BCUT2D eigenvalue weighted by Gasteiger charge is -2.09. The molecule has 2 aromatic rings. The maximum absolute atomic E-state index is 5.96. The maximum Gasteiger partial charge on any atom is 0.131 e. The van der Waals surface area contributed by atoms with E-state index in [1.165, 1.54) is 0 Å². The Morgan fingerprint density at radius 2 is 1.94 bits per heavy atom. The summed E-state index contributed by atoms with van der Waals surface area (Å²) in [6.45, 7) is 0. The van der Waals surface area contributed by atoms with Crippen LogP contribution in [-0.2, 0) is 0 Å². The molecule has 2 rings (SSSR count). The summed E-state index contributed by atoms with van der Waals surface area (Å²) in [6.07, 6.45) is 0. The van der Waals surface area contributed by atoms with Gasteiger partial charge in [-0.05, 0) is 30.3 Å². The van der Waals surface area contributed by atoms with Crippen molar-refractivity contribution < 1.29 is 4.74 Å². The highest BCUT2D eigenvalue weighted by Crippen LogP contribution is 2.32. The number of aromatic nitrogens is 1. The van der Waals surface area contributed by atoms with Crippen molar-refractivity contribution in [2.24, 2.45) is 0 Å². The molecule has 0 aliphatic heterocycles. The number of benzene rings is 1. The third kappa shape index (κ3) is 2.62. The van der Waals surface area contributed by atoms with Crippen molar-refractivity contribution in [2.45, 2.75) is 0 Å². The van der Waals surface area contributed by atoms with Gasteiger partial charge in [-0.15, -0.1) is 0 Å². The van der Waals surface area contributed by atoms with Crippen molar-refractivity contribution in [3.8, 4) is 17.0 Å². The molecule has 3 nitrogen and oxygen atoms in total. The Kier molecular flexibility index (Phi) is 3.41. The van der Waals surface area contributed by atoms with Gasteiger partial charge in [0.25, 0.3) is 0 Å². The SMILES string of the molecule is COc1ccc(Cl)cc1-c1cc(N)cc(Cl)n1. The lowest BCUT2D eigenvalue weighted by atomic mass is 10.1. The van der Waals surface area contributed by atoms with Crippen LogP contribution < -0.4 is 10.5 Å². The van der Waals surface area contributed by atoms with Gasteiger partial charge in [-0.2, -0.15) is 0 Å². The number of hydrogen-bond acceptors (Lipinski definition) is 3. The summed E-state index contributed by atoms with van der Waals surface area (Å²) in [4.78, 5) is 4.20. The monoisotopic (exact) mass is 268 g/mol. The van der Waals surface area contributed by atoms with Crippen LogP contribution in [0.5, 0.6) is 5.75 Å². The number of pyridine rings is 1. The van der Waals surface area contributed by atoms with Crippen LogP contribution in [0.3, 0.4) is 0 Å². The van der Waals surface area contributed by atoms with E-state index < -0.39 is 0 Å². The van der Waals surface area contributed by atoms with Crippen molar-refractivity contribution in [3.05, 3.63) is 40.5 Å². The van der Waals surface area contributed by atoms with E-state index in [9.17, 15) is 0 Å². The number of halogens is 2. The van der Waals surface area contributed by atoms with E-state index in [-0.39, 0.29) is 0 Å². The summed E-state index contributed by atoms with van der Waals surface area (Å²) >= 11 is 11.8. The summed E-state index contributed by atoms with van der Waals surface area (Å²) < 4.78 is 5.25. The Bertz CT molecular complexity index is 538. The van der Waals surface area contributed by atoms with Crippen molar-refractivity contribution in [3.63, 3.8) is 0 Å². The van der Waals surface area contributed by atoms with Crippen LogP contribution in [0.4, 0.5) is 5.69 Å². The van der Waals surface area contributed by atoms with E-state index in [2.05, 4.69) is 4.98 Å². The first-order valence-corrected chi connectivity index (χ1v) is 5.62. The van der Waals surface area contributed by atoms with E-state index in [1.54, 1.807) is 37.4 Å². The molecule has 0 unspecified atom stereocenters. The second kappa shape index (κ2) is 4.82.